The molecule has 0 saturated heterocycles. The van der Waals surface area contributed by atoms with Crippen LogP contribution in [0.4, 0.5) is 5.82 Å². The van der Waals surface area contributed by atoms with Crippen molar-refractivity contribution in [2.45, 2.75) is 96.8 Å². The van der Waals surface area contributed by atoms with Gasteiger partial charge < -0.3 is 5.32 Å². The monoisotopic (exact) mass is 359 g/mol. The van der Waals surface area contributed by atoms with E-state index < -0.39 is 0 Å². The summed E-state index contributed by atoms with van der Waals surface area (Å²) < 4.78 is 0. The van der Waals surface area contributed by atoms with E-state index in [1.807, 2.05) is 6.07 Å². The van der Waals surface area contributed by atoms with Gasteiger partial charge >= 0.3 is 0 Å². The van der Waals surface area contributed by atoms with Crippen LogP contribution in [-0.4, -0.2) is 26.9 Å². The Morgan fingerprint density at radius 3 is 2.00 bits per heavy atom. The fourth-order valence-corrected chi connectivity index (χ4v) is 3.44. The molecule has 0 fully saturated rings. The predicted molar refractivity (Wildman–Crippen MR) is 110 cm³/mol. The van der Waals surface area contributed by atoms with Crippen molar-refractivity contribution >= 4 is 5.82 Å². The van der Waals surface area contributed by atoms with E-state index in [4.69, 9.17) is 0 Å². The number of nitrogens with one attached hydrogen (secondary N) is 2. The first kappa shape index (κ1) is 20.7. The predicted octanol–water partition coefficient (Wildman–Crippen LogP) is 6.20. The van der Waals surface area contributed by atoms with E-state index in [1.165, 1.54) is 89.9 Å². The molecule has 0 atom stereocenters. The van der Waals surface area contributed by atoms with Gasteiger partial charge in [-0.3, -0.25) is 10.1 Å². The van der Waals surface area contributed by atoms with E-state index >= 15 is 0 Å². The van der Waals surface area contributed by atoms with Crippen LogP contribution < -0.4 is 5.32 Å². The number of anilines is 1. The number of aromatic amines is 1. The summed E-state index contributed by atoms with van der Waals surface area (Å²) in [7, 11) is 0. The Bertz CT molecular complexity index is 539. The number of rotatable bonds is 16. The van der Waals surface area contributed by atoms with Crippen LogP contribution in [0.25, 0.3) is 11.4 Å². The van der Waals surface area contributed by atoms with Crippen LogP contribution in [0.15, 0.2) is 12.3 Å². The third-order valence-corrected chi connectivity index (χ3v) is 5.07. The quantitative estimate of drug-likeness (QED) is 0.350. The summed E-state index contributed by atoms with van der Waals surface area (Å²) in [4.78, 5) is 4.31. The largest absolute Gasteiger partial charge is 0.367 e. The van der Waals surface area contributed by atoms with Crippen molar-refractivity contribution in [2.75, 3.05) is 11.9 Å². The van der Waals surface area contributed by atoms with Crippen molar-refractivity contribution in [1.29, 1.82) is 0 Å². The molecule has 2 aliphatic heterocycles. The van der Waals surface area contributed by atoms with E-state index in [0.717, 1.165) is 23.8 Å². The number of unbranched alkanes of at least 4 members (excludes halogenated alkanes) is 13. The highest BCUT2D eigenvalue weighted by atomic mass is 15.3. The first-order valence-corrected chi connectivity index (χ1v) is 10.8. The van der Waals surface area contributed by atoms with Crippen LogP contribution in [0.3, 0.4) is 0 Å². The highest BCUT2D eigenvalue weighted by Gasteiger charge is 2.11. The van der Waals surface area contributed by atoms with E-state index in [9.17, 15) is 0 Å². The number of H-pyrrole nitrogens is 1. The molecule has 2 aliphatic rings. The molecule has 0 spiro atoms. The van der Waals surface area contributed by atoms with Crippen LogP contribution >= 0.6 is 0 Å². The second-order valence-corrected chi connectivity index (χ2v) is 7.39. The Morgan fingerprint density at radius 1 is 0.808 bits per heavy atom. The summed E-state index contributed by atoms with van der Waals surface area (Å²) in [5, 5.41) is 14.2. The van der Waals surface area contributed by atoms with Crippen LogP contribution in [0.5, 0.6) is 0 Å². The maximum atomic E-state index is 4.31. The molecule has 0 bridgehead atoms. The Labute approximate surface area is 159 Å². The fraction of sp³-hybridized carbons (Fsp3) is 0.762. The lowest BCUT2D eigenvalue weighted by atomic mass is 10.0. The minimum Gasteiger partial charge on any atom is -0.367 e. The van der Waals surface area contributed by atoms with Crippen LogP contribution in [0, 0.1) is 0 Å². The third-order valence-electron chi connectivity index (χ3n) is 5.07. The average Bonchev–Trinajstić information content (AvgIpc) is 3.14. The normalized spacial score (nSPS) is 11.3. The zero-order chi connectivity index (χ0) is 18.3. The van der Waals surface area contributed by atoms with Gasteiger partial charge in [-0.05, 0) is 12.5 Å². The van der Waals surface area contributed by atoms with Gasteiger partial charge in [-0.1, -0.05) is 95.6 Å². The van der Waals surface area contributed by atoms with Crippen molar-refractivity contribution in [3.63, 3.8) is 0 Å². The molecule has 0 aromatic heterocycles. The first-order chi connectivity index (χ1) is 12.9. The molecule has 0 aromatic carbocycles. The lowest BCUT2D eigenvalue weighted by molar-refractivity contribution is 0.537. The number of aromatic nitrogens is 4. The van der Waals surface area contributed by atoms with E-state index in [1.54, 1.807) is 6.20 Å². The maximum Gasteiger partial charge on any atom is 0.178 e. The molecule has 2 heterocycles. The van der Waals surface area contributed by atoms with Gasteiger partial charge in [0.2, 0.25) is 0 Å². The molecule has 0 amide bonds. The van der Waals surface area contributed by atoms with Gasteiger partial charge in [0, 0.05) is 12.7 Å². The van der Waals surface area contributed by atoms with Gasteiger partial charge in [-0.2, -0.15) is 0 Å². The zero-order valence-electron chi connectivity index (χ0n) is 16.6. The zero-order valence-corrected chi connectivity index (χ0v) is 16.6. The van der Waals surface area contributed by atoms with Gasteiger partial charge in [-0.15, -0.1) is 5.10 Å². The SMILES string of the molecule is CCCCCCCCCCCCCCCCNc1nn[nH]c2ccnc1-2. The van der Waals surface area contributed by atoms with Crippen molar-refractivity contribution in [3.8, 4) is 11.4 Å². The van der Waals surface area contributed by atoms with Crippen molar-refractivity contribution in [2.24, 2.45) is 0 Å². The van der Waals surface area contributed by atoms with E-state index in [0.29, 0.717) is 0 Å². The van der Waals surface area contributed by atoms with Gasteiger partial charge in [-0.25, -0.2) is 0 Å². The molecule has 0 saturated carbocycles. The second kappa shape index (κ2) is 13.5. The van der Waals surface area contributed by atoms with Crippen molar-refractivity contribution < 1.29 is 0 Å². The molecule has 0 unspecified atom stereocenters. The minimum absolute atomic E-state index is 0.790. The summed E-state index contributed by atoms with van der Waals surface area (Å²) >= 11 is 0. The molecule has 0 aliphatic carbocycles. The minimum atomic E-state index is 0.790. The molecule has 0 radical (unpaired) electrons. The molecule has 26 heavy (non-hydrogen) atoms. The second-order valence-electron chi connectivity index (χ2n) is 7.39. The number of fused-ring (bicyclic) bond motifs is 1. The first-order valence-electron chi connectivity index (χ1n) is 10.8. The number of hydrogen-bond donors (Lipinski definition) is 2. The Morgan fingerprint density at radius 2 is 1.38 bits per heavy atom. The maximum absolute atomic E-state index is 4.31. The summed E-state index contributed by atoms with van der Waals surface area (Å²) in [5.74, 6) is 0.790. The van der Waals surface area contributed by atoms with Crippen LogP contribution in [0.1, 0.15) is 96.8 Å². The molecular weight excluding hydrogens is 322 g/mol. The van der Waals surface area contributed by atoms with Gasteiger partial charge in [0.15, 0.2) is 5.82 Å². The molecule has 5 nitrogen and oxygen atoms in total. The standard InChI is InChI=1S/C21H37N5/c1-2-3-4-5-6-7-8-9-10-11-12-13-14-15-17-23-21-20-19(16-18-22-20)24-26-25-21/h16,18,23H,2-15,17H2,1H3,(H,24,25). The van der Waals surface area contributed by atoms with Crippen LogP contribution in [0.2, 0.25) is 0 Å². The topological polar surface area (TPSA) is 66.5 Å². The molecule has 146 valence electrons. The molecule has 0 aromatic rings. The summed E-state index contributed by atoms with van der Waals surface area (Å²) in [5.41, 5.74) is 1.81. The number of nitrogens with zero attached hydrogens (tertiary/aromatic N) is 3. The summed E-state index contributed by atoms with van der Waals surface area (Å²) in [6.45, 7) is 3.23. The molecule has 2 N–H and O–H groups in total. The third kappa shape index (κ3) is 8.15. The van der Waals surface area contributed by atoms with Gasteiger partial charge in [0.1, 0.15) is 5.69 Å². The molecule has 2 rings (SSSR count). The average molecular weight is 360 g/mol. The smallest absolute Gasteiger partial charge is 0.178 e. The van der Waals surface area contributed by atoms with Gasteiger partial charge in [0.25, 0.3) is 0 Å². The van der Waals surface area contributed by atoms with E-state index in [2.05, 4.69) is 32.6 Å². The molecule has 5 heteroatoms. The number of hydrogen-bond acceptors (Lipinski definition) is 4. The highest BCUT2D eigenvalue weighted by molar-refractivity contribution is 5.68. The van der Waals surface area contributed by atoms with E-state index in [-0.39, 0.29) is 0 Å². The van der Waals surface area contributed by atoms with Crippen molar-refractivity contribution in [3.05, 3.63) is 12.3 Å². The fourth-order valence-electron chi connectivity index (χ4n) is 3.44. The summed E-state index contributed by atoms with van der Waals surface area (Å²) in [6.07, 6.45) is 21.2. The van der Waals surface area contributed by atoms with Gasteiger partial charge in [0.05, 0.1) is 5.69 Å². The highest BCUT2D eigenvalue weighted by Crippen LogP contribution is 2.22. The Kier molecular flexibility index (Phi) is 10.8. The Hall–Kier alpha value is -1.65. The van der Waals surface area contributed by atoms with Crippen molar-refractivity contribution in [1.82, 2.24) is 20.4 Å². The molecular formula is C21H37N5. The summed E-state index contributed by atoms with van der Waals surface area (Å²) in [6, 6.07) is 1.92. The Balaban J connectivity index is 1.35. The lowest BCUT2D eigenvalue weighted by Gasteiger charge is -2.07. The van der Waals surface area contributed by atoms with Crippen LogP contribution in [-0.2, 0) is 0 Å². The lowest BCUT2D eigenvalue weighted by Crippen LogP contribution is -2.07.